The molecule has 0 radical (unpaired) electrons. The molecule has 84 valence electrons. The number of nitriles is 1. The lowest BCUT2D eigenvalue weighted by atomic mass is 10.0. The van der Waals surface area contributed by atoms with E-state index < -0.39 is 5.82 Å². The van der Waals surface area contributed by atoms with Crippen LogP contribution in [0.2, 0.25) is 0 Å². The van der Waals surface area contributed by atoms with Crippen LogP contribution in [-0.2, 0) is 0 Å². The maximum atomic E-state index is 13.8. The van der Waals surface area contributed by atoms with Crippen LogP contribution in [0.25, 0.3) is 11.1 Å². The van der Waals surface area contributed by atoms with Crippen molar-refractivity contribution in [3.05, 3.63) is 59.2 Å². The van der Waals surface area contributed by atoms with Crippen molar-refractivity contribution >= 4 is 0 Å². The third-order valence-corrected chi connectivity index (χ3v) is 2.53. The molecule has 0 unspecified atom stereocenters. The molecule has 3 heteroatoms. The largest absolute Gasteiger partial charge is 0.207 e. The van der Waals surface area contributed by atoms with Gasteiger partial charge >= 0.3 is 0 Å². The first-order valence-electron chi connectivity index (χ1n) is 5.08. The van der Waals surface area contributed by atoms with E-state index in [0.29, 0.717) is 16.7 Å². The van der Waals surface area contributed by atoms with E-state index in [4.69, 9.17) is 5.26 Å². The molecule has 0 aliphatic heterocycles. The molecule has 0 atom stereocenters. The van der Waals surface area contributed by atoms with E-state index in [-0.39, 0.29) is 11.4 Å². The van der Waals surface area contributed by atoms with Crippen molar-refractivity contribution in [3.63, 3.8) is 0 Å². The van der Waals surface area contributed by atoms with E-state index >= 15 is 0 Å². The summed E-state index contributed by atoms with van der Waals surface area (Å²) in [4.78, 5) is 0. The third-order valence-electron chi connectivity index (χ3n) is 2.53. The van der Waals surface area contributed by atoms with Crippen LogP contribution in [0.5, 0.6) is 0 Å². The molecule has 17 heavy (non-hydrogen) atoms. The Labute approximate surface area is 97.9 Å². The second-order valence-electron chi connectivity index (χ2n) is 3.78. The van der Waals surface area contributed by atoms with Gasteiger partial charge in [0.1, 0.15) is 11.6 Å². The Morgan fingerprint density at radius 3 is 2.59 bits per heavy atom. The number of benzene rings is 2. The van der Waals surface area contributed by atoms with Gasteiger partial charge in [-0.15, -0.1) is 0 Å². The molecule has 0 aliphatic rings. The van der Waals surface area contributed by atoms with Crippen molar-refractivity contribution in [2.45, 2.75) is 6.92 Å². The molecule has 1 nitrogen and oxygen atoms in total. The average molecular weight is 229 g/mol. The number of rotatable bonds is 1. The summed E-state index contributed by atoms with van der Waals surface area (Å²) >= 11 is 0. The maximum Gasteiger partial charge on any atom is 0.133 e. The van der Waals surface area contributed by atoms with Crippen molar-refractivity contribution in [3.8, 4) is 17.2 Å². The molecule has 0 saturated carbocycles. The van der Waals surface area contributed by atoms with E-state index in [1.807, 2.05) is 6.07 Å². The molecule has 2 aromatic carbocycles. The van der Waals surface area contributed by atoms with E-state index in [9.17, 15) is 8.78 Å². The highest BCUT2D eigenvalue weighted by Gasteiger charge is 2.09. The fourth-order valence-corrected chi connectivity index (χ4v) is 1.68. The van der Waals surface area contributed by atoms with Gasteiger partial charge in [-0.05, 0) is 36.2 Å². The molecule has 0 fully saturated rings. The third kappa shape index (κ3) is 2.16. The monoisotopic (exact) mass is 229 g/mol. The number of nitrogens with zero attached hydrogens (tertiary/aromatic N) is 1. The van der Waals surface area contributed by atoms with E-state index in [2.05, 4.69) is 0 Å². The molecule has 0 bridgehead atoms. The Balaban J connectivity index is 2.65. The highest BCUT2D eigenvalue weighted by Crippen LogP contribution is 2.26. The van der Waals surface area contributed by atoms with Gasteiger partial charge in [-0.1, -0.05) is 18.2 Å². The first-order chi connectivity index (χ1) is 8.11. The highest BCUT2D eigenvalue weighted by atomic mass is 19.1. The van der Waals surface area contributed by atoms with E-state index in [0.717, 1.165) is 6.07 Å². The molecule has 0 aromatic heterocycles. The predicted octanol–water partition coefficient (Wildman–Crippen LogP) is 3.81. The van der Waals surface area contributed by atoms with Gasteiger partial charge in [0.05, 0.1) is 11.6 Å². The second kappa shape index (κ2) is 4.34. The fraction of sp³-hybridized carbons (Fsp3) is 0.0714. The SMILES string of the molecule is Cc1cccc(-c2cc(F)cc(C#N)c2)c1F. The van der Waals surface area contributed by atoms with Crippen molar-refractivity contribution in [1.82, 2.24) is 0 Å². The van der Waals surface area contributed by atoms with Gasteiger partial charge in [-0.25, -0.2) is 8.78 Å². The average Bonchev–Trinajstić information content (AvgIpc) is 2.31. The van der Waals surface area contributed by atoms with Crippen molar-refractivity contribution in [2.75, 3.05) is 0 Å². The van der Waals surface area contributed by atoms with Crippen LogP contribution in [0.4, 0.5) is 8.78 Å². The molecule has 0 saturated heterocycles. The van der Waals surface area contributed by atoms with Gasteiger partial charge in [0.15, 0.2) is 0 Å². The summed E-state index contributed by atoms with van der Waals surface area (Å²) < 4.78 is 27.1. The number of hydrogen-bond acceptors (Lipinski definition) is 1. The maximum absolute atomic E-state index is 13.8. The van der Waals surface area contributed by atoms with Crippen molar-refractivity contribution < 1.29 is 8.78 Å². The van der Waals surface area contributed by atoms with E-state index in [1.165, 1.54) is 12.1 Å². The summed E-state index contributed by atoms with van der Waals surface area (Å²) in [6, 6.07) is 10.6. The number of aryl methyl sites for hydroxylation is 1. The highest BCUT2D eigenvalue weighted by molar-refractivity contribution is 5.66. The zero-order chi connectivity index (χ0) is 12.4. The summed E-state index contributed by atoms with van der Waals surface area (Å²) in [6.07, 6.45) is 0. The van der Waals surface area contributed by atoms with Gasteiger partial charge in [-0.2, -0.15) is 5.26 Å². The first kappa shape index (κ1) is 11.3. The minimum Gasteiger partial charge on any atom is -0.207 e. The Morgan fingerprint density at radius 1 is 1.12 bits per heavy atom. The van der Waals surface area contributed by atoms with Crippen molar-refractivity contribution in [2.24, 2.45) is 0 Å². The normalized spacial score (nSPS) is 10.0. The van der Waals surface area contributed by atoms with Gasteiger partial charge in [0, 0.05) is 5.56 Å². The Bertz CT molecular complexity index is 612. The molecule has 0 amide bonds. The standard InChI is InChI=1S/C14H9F2N/c1-9-3-2-4-13(14(9)16)11-5-10(8-17)6-12(15)7-11/h2-7H,1H3. The lowest BCUT2D eigenvalue weighted by Gasteiger charge is -2.06. The van der Waals surface area contributed by atoms with Crippen LogP contribution in [0, 0.1) is 29.9 Å². The molecule has 0 N–H and O–H groups in total. The van der Waals surface area contributed by atoms with Gasteiger partial charge in [0.2, 0.25) is 0 Å². The lowest BCUT2D eigenvalue weighted by Crippen LogP contribution is -1.90. The molecule has 0 heterocycles. The van der Waals surface area contributed by atoms with Crippen LogP contribution < -0.4 is 0 Å². The fourth-order valence-electron chi connectivity index (χ4n) is 1.68. The quantitative estimate of drug-likeness (QED) is 0.729. The zero-order valence-electron chi connectivity index (χ0n) is 9.17. The zero-order valence-corrected chi connectivity index (χ0v) is 9.17. The van der Waals surface area contributed by atoms with Crippen LogP contribution in [0.3, 0.4) is 0 Å². The smallest absolute Gasteiger partial charge is 0.133 e. The summed E-state index contributed by atoms with van der Waals surface area (Å²) in [5.41, 5.74) is 1.36. The second-order valence-corrected chi connectivity index (χ2v) is 3.78. The van der Waals surface area contributed by atoms with Crippen LogP contribution >= 0.6 is 0 Å². The molecular weight excluding hydrogens is 220 g/mol. The molecular formula is C14H9F2N. The number of halogens is 2. The summed E-state index contributed by atoms with van der Waals surface area (Å²) in [5.74, 6) is -0.929. The summed E-state index contributed by atoms with van der Waals surface area (Å²) in [6.45, 7) is 1.64. The van der Waals surface area contributed by atoms with Gasteiger partial charge in [-0.3, -0.25) is 0 Å². The minimum atomic E-state index is -0.542. The Hall–Kier alpha value is -2.21. The lowest BCUT2D eigenvalue weighted by molar-refractivity contribution is 0.619. The van der Waals surface area contributed by atoms with Gasteiger partial charge in [0.25, 0.3) is 0 Å². The predicted molar refractivity (Wildman–Crippen MR) is 61.2 cm³/mol. The van der Waals surface area contributed by atoms with Crippen molar-refractivity contribution in [1.29, 1.82) is 5.26 Å². The molecule has 2 rings (SSSR count). The minimum absolute atomic E-state index is 0.181. The van der Waals surface area contributed by atoms with E-state index in [1.54, 1.807) is 25.1 Å². The van der Waals surface area contributed by atoms with Crippen LogP contribution in [0.1, 0.15) is 11.1 Å². The molecule has 0 spiro atoms. The van der Waals surface area contributed by atoms with Gasteiger partial charge < -0.3 is 0 Å². The summed E-state index contributed by atoms with van der Waals surface area (Å²) in [5, 5.41) is 8.75. The summed E-state index contributed by atoms with van der Waals surface area (Å²) in [7, 11) is 0. The molecule has 0 aliphatic carbocycles. The Morgan fingerprint density at radius 2 is 1.88 bits per heavy atom. The van der Waals surface area contributed by atoms with Crippen LogP contribution in [0.15, 0.2) is 36.4 Å². The topological polar surface area (TPSA) is 23.8 Å². The Kier molecular flexibility index (Phi) is 2.88. The number of hydrogen-bond donors (Lipinski definition) is 0. The molecule has 2 aromatic rings. The van der Waals surface area contributed by atoms with Crippen LogP contribution in [-0.4, -0.2) is 0 Å². The first-order valence-corrected chi connectivity index (χ1v) is 5.08.